The van der Waals surface area contributed by atoms with Crippen molar-refractivity contribution in [2.75, 3.05) is 11.9 Å². The van der Waals surface area contributed by atoms with Gasteiger partial charge in [-0.1, -0.05) is 11.8 Å². The van der Waals surface area contributed by atoms with Crippen molar-refractivity contribution in [1.82, 2.24) is 20.2 Å². The fourth-order valence-electron chi connectivity index (χ4n) is 2.69. The van der Waals surface area contributed by atoms with E-state index in [-0.39, 0.29) is 24.0 Å². The number of anilines is 1. The molecule has 9 nitrogen and oxygen atoms in total. The number of tetrazole rings is 1. The number of carbonyl (C=O) groups excluding carboxylic acids is 2. The van der Waals surface area contributed by atoms with Crippen molar-refractivity contribution in [3.05, 3.63) is 48.0 Å². The molecule has 3 aromatic rings. The second kappa shape index (κ2) is 7.31. The summed E-state index contributed by atoms with van der Waals surface area (Å²) < 4.78 is 6.81. The van der Waals surface area contributed by atoms with Gasteiger partial charge < -0.3 is 15.2 Å². The number of aromatic nitrogens is 4. The van der Waals surface area contributed by atoms with Crippen molar-refractivity contribution in [2.45, 2.75) is 17.3 Å². The number of aromatic hydroxyl groups is 1. The van der Waals surface area contributed by atoms with Gasteiger partial charge in [0.2, 0.25) is 5.16 Å². The molecule has 142 valence electrons. The Morgan fingerprint density at radius 1 is 1.29 bits per heavy atom. The van der Waals surface area contributed by atoms with Crippen molar-refractivity contribution >= 4 is 29.1 Å². The Labute approximate surface area is 163 Å². The van der Waals surface area contributed by atoms with E-state index in [1.54, 1.807) is 37.3 Å². The zero-order valence-corrected chi connectivity index (χ0v) is 15.5. The molecular weight excluding hydrogens is 382 g/mol. The molecule has 0 saturated carbocycles. The van der Waals surface area contributed by atoms with E-state index < -0.39 is 5.25 Å². The molecule has 2 N–H and O–H groups in total. The van der Waals surface area contributed by atoms with Crippen molar-refractivity contribution in [2.24, 2.45) is 0 Å². The number of hydrogen-bond acceptors (Lipinski definition) is 8. The van der Waals surface area contributed by atoms with Gasteiger partial charge in [-0.25, -0.2) is 0 Å². The van der Waals surface area contributed by atoms with Crippen molar-refractivity contribution in [3.63, 3.8) is 0 Å². The molecule has 0 unspecified atom stereocenters. The molecule has 2 heterocycles. The van der Waals surface area contributed by atoms with E-state index in [9.17, 15) is 14.7 Å². The van der Waals surface area contributed by atoms with Crippen LogP contribution in [0.1, 0.15) is 17.3 Å². The molecule has 1 aliphatic heterocycles. The zero-order valence-electron chi connectivity index (χ0n) is 14.7. The summed E-state index contributed by atoms with van der Waals surface area (Å²) in [7, 11) is 0. The molecule has 0 fully saturated rings. The van der Waals surface area contributed by atoms with Crippen LogP contribution in [0.3, 0.4) is 0 Å². The number of Topliss-reactive ketones (excluding diaryl/α,β-unsaturated/α-hetero) is 1. The average Bonchev–Trinajstić information content (AvgIpc) is 3.15. The molecule has 1 aromatic heterocycles. The van der Waals surface area contributed by atoms with Gasteiger partial charge in [0.1, 0.15) is 11.5 Å². The molecule has 2 aromatic carbocycles. The van der Waals surface area contributed by atoms with E-state index in [1.165, 1.54) is 28.6 Å². The van der Waals surface area contributed by atoms with Gasteiger partial charge in [0.15, 0.2) is 12.4 Å². The quantitative estimate of drug-likeness (QED) is 0.496. The summed E-state index contributed by atoms with van der Waals surface area (Å²) in [5.74, 6) is 0.284. The van der Waals surface area contributed by atoms with E-state index in [1.807, 2.05) is 0 Å². The molecule has 0 saturated heterocycles. The molecule has 10 heteroatoms. The van der Waals surface area contributed by atoms with Gasteiger partial charge in [-0.2, -0.15) is 4.68 Å². The van der Waals surface area contributed by atoms with Crippen LogP contribution in [-0.2, 0) is 4.79 Å². The highest BCUT2D eigenvalue weighted by atomic mass is 32.2. The Morgan fingerprint density at radius 3 is 2.86 bits per heavy atom. The van der Waals surface area contributed by atoms with Crippen molar-refractivity contribution in [1.29, 1.82) is 0 Å². The molecule has 0 radical (unpaired) electrons. The van der Waals surface area contributed by atoms with Crippen LogP contribution >= 0.6 is 11.8 Å². The summed E-state index contributed by atoms with van der Waals surface area (Å²) in [6.07, 6.45) is 0. The molecular formula is C18H15N5O4S. The number of hydrogen-bond donors (Lipinski definition) is 2. The topological polar surface area (TPSA) is 119 Å². The van der Waals surface area contributed by atoms with E-state index in [0.29, 0.717) is 27.8 Å². The van der Waals surface area contributed by atoms with Gasteiger partial charge in [0, 0.05) is 5.56 Å². The lowest BCUT2D eigenvalue weighted by molar-refractivity contribution is -0.118. The number of thioether (sulfide) groups is 1. The SMILES string of the molecule is C[C@@H](Sc1nnnn1-c1ccc(O)cc1)C(=O)c1ccc2c(c1)NC(=O)CO2. The standard InChI is InChI=1S/C18H15N5O4S/c1-10(17(26)11-2-7-15-14(8-11)19-16(25)9-27-15)28-18-20-21-22-23(18)12-3-5-13(24)6-4-12/h2-8,10,24H,9H2,1H3,(H,19,25)/t10-/m1/s1. The summed E-state index contributed by atoms with van der Waals surface area (Å²) in [5, 5.41) is 23.7. The van der Waals surface area contributed by atoms with Crippen LogP contribution in [0.25, 0.3) is 5.69 Å². The highest BCUT2D eigenvalue weighted by Gasteiger charge is 2.23. The first kappa shape index (κ1) is 18.0. The predicted octanol–water partition coefficient (Wildman–Crippen LogP) is 2.06. The van der Waals surface area contributed by atoms with E-state index in [0.717, 1.165) is 0 Å². The minimum absolute atomic E-state index is 0.0353. The molecule has 4 rings (SSSR count). The zero-order chi connectivity index (χ0) is 19.7. The number of phenols is 1. The van der Waals surface area contributed by atoms with E-state index in [2.05, 4.69) is 20.8 Å². The lowest BCUT2D eigenvalue weighted by Gasteiger charge is -2.19. The van der Waals surface area contributed by atoms with Crippen LogP contribution < -0.4 is 10.1 Å². The number of phenolic OH excluding ortho intramolecular Hbond substituents is 1. The monoisotopic (exact) mass is 397 g/mol. The summed E-state index contributed by atoms with van der Waals surface area (Å²) in [4.78, 5) is 24.3. The number of ketones is 1. The minimum Gasteiger partial charge on any atom is -0.508 e. The third kappa shape index (κ3) is 3.54. The van der Waals surface area contributed by atoms with Crippen LogP contribution in [0.4, 0.5) is 5.69 Å². The average molecular weight is 397 g/mol. The Hall–Kier alpha value is -3.40. The summed E-state index contributed by atoms with van der Waals surface area (Å²) in [6.45, 7) is 1.73. The lowest BCUT2D eigenvalue weighted by Crippen LogP contribution is -2.25. The van der Waals surface area contributed by atoms with Gasteiger partial charge in [0.05, 0.1) is 16.6 Å². The Bertz CT molecular complexity index is 1050. The number of nitrogens with one attached hydrogen (secondary N) is 1. The lowest BCUT2D eigenvalue weighted by atomic mass is 10.1. The van der Waals surface area contributed by atoms with Crippen molar-refractivity contribution < 1.29 is 19.4 Å². The fourth-order valence-corrected chi connectivity index (χ4v) is 3.58. The number of nitrogens with zero attached hydrogens (tertiary/aromatic N) is 4. The maximum Gasteiger partial charge on any atom is 0.262 e. The number of rotatable bonds is 5. The predicted molar refractivity (Wildman–Crippen MR) is 101 cm³/mol. The van der Waals surface area contributed by atoms with Crippen LogP contribution in [0, 0.1) is 0 Å². The van der Waals surface area contributed by atoms with Gasteiger partial charge in [-0.05, 0) is 59.8 Å². The Kier molecular flexibility index (Phi) is 4.70. The summed E-state index contributed by atoms with van der Waals surface area (Å²) in [6, 6.07) is 11.4. The molecule has 0 spiro atoms. The van der Waals surface area contributed by atoms with Gasteiger partial charge in [-0.15, -0.1) is 5.10 Å². The maximum atomic E-state index is 12.8. The minimum atomic E-state index is -0.472. The highest BCUT2D eigenvalue weighted by Crippen LogP contribution is 2.31. The van der Waals surface area contributed by atoms with Crippen LogP contribution in [0.2, 0.25) is 0 Å². The number of carbonyl (C=O) groups is 2. The third-order valence-corrected chi connectivity index (χ3v) is 5.12. The maximum absolute atomic E-state index is 12.8. The third-order valence-electron chi connectivity index (χ3n) is 4.08. The molecule has 0 aliphatic carbocycles. The normalized spacial score (nSPS) is 14.0. The Morgan fingerprint density at radius 2 is 2.07 bits per heavy atom. The first-order valence-electron chi connectivity index (χ1n) is 8.36. The van der Waals surface area contributed by atoms with Gasteiger partial charge in [-0.3, -0.25) is 9.59 Å². The molecule has 1 atom stereocenters. The molecule has 1 aliphatic rings. The van der Waals surface area contributed by atoms with Crippen LogP contribution in [0.15, 0.2) is 47.6 Å². The van der Waals surface area contributed by atoms with E-state index >= 15 is 0 Å². The van der Waals surface area contributed by atoms with Gasteiger partial charge in [0.25, 0.3) is 5.91 Å². The molecule has 1 amide bonds. The largest absolute Gasteiger partial charge is 0.508 e. The van der Waals surface area contributed by atoms with E-state index in [4.69, 9.17) is 4.74 Å². The second-order valence-corrected chi connectivity index (χ2v) is 7.37. The number of amides is 1. The van der Waals surface area contributed by atoms with Crippen LogP contribution in [-0.4, -0.2) is 48.9 Å². The van der Waals surface area contributed by atoms with Crippen molar-refractivity contribution in [3.8, 4) is 17.2 Å². The fraction of sp³-hybridized carbons (Fsp3) is 0.167. The molecule has 28 heavy (non-hydrogen) atoms. The molecule has 0 bridgehead atoms. The second-order valence-electron chi connectivity index (χ2n) is 6.06. The van der Waals surface area contributed by atoms with Gasteiger partial charge >= 0.3 is 0 Å². The summed E-state index contributed by atoms with van der Waals surface area (Å²) >= 11 is 1.21. The highest BCUT2D eigenvalue weighted by molar-refractivity contribution is 8.00. The number of benzene rings is 2. The van der Waals surface area contributed by atoms with Crippen LogP contribution in [0.5, 0.6) is 11.5 Å². The number of ether oxygens (including phenoxy) is 1. The first-order valence-corrected chi connectivity index (χ1v) is 9.24. The smallest absolute Gasteiger partial charge is 0.262 e. The Balaban J connectivity index is 1.53. The number of fused-ring (bicyclic) bond motifs is 1. The first-order chi connectivity index (χ1) is 13.5. The summed E-state index contributed by atoms with van der Waals surface area (Å²) in [5.41, 5.74) is 1.60.